The molecule has 0 aromatic heterocycles. The van der Waals surface area contributed by atoms with Crippen LogP contribution in [0, 0.1) is 0 Å². The Morgan fingerprint density at radius 2 is 0.591 bits per heavy atom. The van der Waals surface area contributed by atoms with E-state index in [9.17, 15) is 43.5 Å². The van der Waals surface area contributed by atoms with Gasteiger partial charge in [-0.1, -0.05) is 251 Å². The summed E-state index contributed by atoms with van der Waals surface area (Å²) in [5.74, 6) is -1.62. The highest BCUT2D eigenvalue weighted by Gasteiger charge is 2.29. The van der Waals surface area contributed by atoms with Crippen molar-refractivity contribution in [2.75, 3.05) is 39.6 Å². The van der Waals surface area contributed by atoms with Crippen molar-refractivity contribution in [1.29, 1.82) is 0 Å². The molecule has 0 saturated heterocycles. The second-order valence-corrected chi connectivity index (χ2v) is 26.6. The highest BCUT2D eigenvalue weighted by atomic mass is 31.2. The van der Waals surface area contributed by atoms with Crippen molar-refractivity contribution in [3.8, 4) is 0 Å². The van der Waals surface area contributed by atoms with Crippen molar-refractivity contribution < 1.29 is 75.8 Å². The van der Waals surface area contributed by atoms with Crippen LogP contribution >= 0.6 is 15.6 Å². The van der Waals surface area contributed by atoms with Crippen LogP contribution in [0.3, 0.4) is 0 Å². The summed E-state index contributed by atoms with van der Waals surface area (Å²) in [5.41, 5.74) is 0. The lowest BCUT2D eigenvalue weighted by atomic mass is 10.0. The Balaban J connectivity index is 4.53. The standard InChI is InChI=1S/C75H128O16P2/c1-4-7-10-13-16-19-22-25-27-29-30-31-32-33-34-35-36-37-38-40-42-44-46-49-52-55-58-61-73(78)85-64-70(76)65-87-92(81,82)88-66-71(77)67-89-93(83,84)90-69-72(91-75(80)63-60-57-54-51-48-43-24-21-18-15-12-9-6-3)68-86-74(79)62-59-56-53-50-47-45-41-39-28-26-23-20-17-14-11-8-5-2/h8,11-12,15-17,19-21,24-28,30-31,33-34,41,45,70-72,76-77H,4-7,9-10,13-14,18,22-23,29,32,35-40,42-44,46-69H2,1-3H3,(H,81,82)(H,83,84)/b11-8-,15-12-,19-16-,20-17-,24-21-,27-25-,28-26-,31-30-,34-33-,45-41-. The Labute approximate surface area is 563 Å². The quantitative estimate of drug-likeness (QED) is 0.0146. The summed E-state index contributed by atoms with van der Waals surface area (Å²) >= 11 is 0. The van der Waals surface area contributed by atoms with Crippen LogP contribution in [0.2, 0.25) is 0 Å². The number of aliphatic hydroxyl groups is 2. The Bertz CT molecular complexity index is 2180. The maximum atomic E-state index is 12.9. The van der Waals surface area contributed by atoms with Gasteiger partial charge in [0.25, 0.3) is 0 Å². The average molecular weight is 1350 g/mol. The van der Waals surface area contributed by atoms with Gasteiger partial charge in [-0.25, -0.2) is 9.13 Å². The van der Waals surface area contributed by atoms with E-state index in [0.717, 1.165) is 148 Å². The molecule has 93 heavy (non-hydrogen) atoms. The number of phosphoric acid groups is 2. The molecule has 0 heterocycles. The molecule has 0 rings (SSSR count). The summed E-state index contributed by atoms with van der Waals surface area (Å²) in [6, 6.07) is 0. The smallest absolute Gasteiger partial charge is 0.463 e. The first kappa shape index (κ1) is 89.0. The van der Waals surface area contributed by atoms with Crippen LogP contribution in [-0.4, -0.2) is 95.9 Å². The largest absolute Gasteiger partial charge is 0.472 e. The number of aliphatic hydroxyl groups excluding tert-OH is 2. The maximum absolute atomic E-state index is 12.9. The molecule has 534 valence electrons. The molecule has 0 aliphatic heterocycles. The molecule has 0 aromatic carbocycles. The third-order valence-electron chi connectivity index (χ3n) is 14.6. The van der Waals surface area contributed by atoms with Crippen LogP contribution in [0.4, 0.5) is 0 Å². The lowest BCUT2D eigenvalue weighted by molar-refractivity contribution is -0.161. The summed E-state index contributed by atoms with van der Waals surface area (Å²) in [4.78, 5) is 58.4. The zero-order valence-electron chi connectivity index (χ0n) is 57.9. The molecule has 0 radical (unpaired) electrons. The van der Waals surface area contributed by atoms with Gasteiger partial charge in [0.2, 0.25) is 0 Å². The first-order valence-electron chi connectivity index (χ1n) is 35.8. The zero-order valence-corrected chi connectivity index (χ0v) is 59.7. The van der Waals surface area contributed by atoms with Gasteiger partial charge in [0.15, 0.2) is 6.10 Å². The minimum absolute atomic E-state index is 0.0800. The van der Waals surface area contributed by atoms with Crippen LogP contribution in [0.1, 0.15) is 278 Å². The van der Waals surface area contributed by atoms with E-state index in [1.165, 1.54) is 70.6 Å². The molecule has 0 saturated carbocycles. The number of ether oxygens (including phenoxy) is 3. The Kier molecular flexibility index (Phi) is 65.0. The fourth-order valence-corrected chi connectivity index (χ4v) is 10.8. The minimum atomic E-state index is -4.93. The van der Waals surface area contributed by atoms with Crippen molar-refractivity contribution in [1.82, 2.24) is 0 Å². The number of esters is 3. The molecule has 5 atom stereocenters. The van der Waals surface area contributed by atoms with Gasteiger partial charge in [-0.3, -0.25) is 32.5 Å². The average Bonchev–Trinajstić information content (AvgIpc) is 2.66. The normalized spacial score (nSPS) is 14.9. The van der Waals surface area contributed by atoms with Crippen LogP contribution in [0.15, 0.2) is 122 Å². The van der Waals surface area contributed by atoms with Crippen LogP contribution in [0.5, 0.6) is 0 Å². The van der Waals surface area contributed by atoms with Gasteiger partial charge < -0.3 is 34.2 Å². The van der Waals surface area contributed by atoms with E-state index in [-0.39, 0.29) is 19.3 Å². The molecule has 0 spiro atoms. The zero-order chi connectivity index (χ0) is 68.1. The molecule has 0 bridgehead atoms. The van der Waals surface area contributed by atoms with E-state index in [1.807, 2.05) is 0 Å². The number of carbonyl (C=O) groups excluding carboxylic acids is 3. The first-order valence-corrected chi connectivity index (χ1v) is 38.8. The van der Waals surface area contributed by atoms with Crippen LogP contribution in [0.25, 0.3) is 0 Å². The summed E-state index contributed by atoms with van der Waals surface area (Å²) in [6.07, 6.45) is 78.3. The first-order chi connectivity index (χ1) is 45.2. The fraction of sp³-hybridized carbons (Fsp3) is 0.693. The van der Waals surface area contributed by atoms with Gasteiger partial charge in [0.1, 0.15) is 25.4 Å². The highest BCUT2D eigenvalue weighted by molar-refractivity contribution is 7.47. The van der Waals surface area contributed by atoms with E-state index in [1.54, 1.807) is 0 Å². The number of phosphoric ester groups is 2. The molecule has 5 unspecified atom stereocenters. The third kappa shape index (κ3) is 69.1. The summed E-state index contributed by atoms with van der Waals surface area (Å²) in [7, 11) is -9.79. The van der Waals surface area contributed by atoms with Gasteiger partial charge in [0.05, 0.1) is 26.4 Å². The molecule has 18 heteroatoms. The molecule has 0 amide bonds. The van der Waals surface area contributed by atoms with Gasteiger partial charge in [-0.05, 0) is 128 Å². The Hall–Kier alpha value is -4.05. The molecule has 0 aliphatic carbocycles. The van der Waals surface area contributed by atoms with Crippen molar-refractivity contribution >= 4 is 33.6 Å². The van der Waals surface area contributed by atoms with Gasteiger partial charge in [-0.15, -0.1) is 0 Å². The lowest BCUT2D eigenvalue weighted by Gasteiger charge is -2.21. The molecule has 0 fully saturated rings. The van der Waals surface area contributed by atoms with Crippen LogP contribution in [-0.2, 0) is 55.8 Å². The monoisotopic (exact) mass is 1350 g/mol. The number of carbonyl (C=O) groups is 3. The second kappa shape index (κ2) is 67.9. The minimum Gasteiger partial charge on any atom is -0.463 e. The number of hydrogen-bond donors (Lipinski definition) is 4. The summed E-state index contributed by atoms with van der Waals surface area (Å²) < 4.78 is 60.9. The molecular weight excluding hydrogens is 1220 g/mol. The summed E-state index contributed by atoms with van der Waals surface area (Å²) in [6.45, 7) is 2.41. The van der Waals surface area contributed by atoms with E-state index < -0.39 is 91.5 Å². The molecule has 16 nitrogen and oxygen atoms in total. The predicted octanol–water partition coefficient (Wildman–Crippen LogP) is 20.2. The molecular formula is C75H128O16P2. The lowest BCUT2D eigenvalue weighted by Crippen LogP contribution is -2.30. The van der Waals surface area contributed by atoms with Crippen molar-refractivity contribution in [3.05, 3.63) is 122 Å². The third-order valence-corrected chi connectivity index (χ3v) is 16.5. The van der Waals surface area contributed by atoms with E-state index >= 15 is 0 Å². The van der Waals surface area contributed by atoms with E-state index in [4.69, 9.17) is 32.3 Å². The fourth-order valence-electron chi connectivity index (χ4n) is 9.17. The molecule has 0 aliphatic rings. The van der Waals surface area contributed by atoms with Gasteiger partial charge in [0, 0.05) is 19.3 Å². The van der Waals surface area contributed by atoms with Crippen LogP contribution < -0.4 is 0 Å². The number of rotatable bonds is 67. The molecule has 4 N–H and O–H groups in total. The Morgan fingerprint density at radius 1 is 0.312 bits per heavy atom. The van der Waals surface area contributed by atoms with Gasteiger partial charge >= 0.3 is 33.6 Å². The van der Waals surface area contributed by atoms with Crippen molar-refractivity contribution in [2.24, 2.45) is 0 Å². The van der Waals surface area contributed by atoms with Crippen molar-refractivity contribution in [3.63, 3.8) is 0 Å². The Morgan fingerprint density at radius 3 is 0.946 bits per heavy atom. The van der Waals surface area contributed by atoms with Crippen molar-refractivity contribution in [2.45, 2.75) is 296 Å². The molecule has 0 aromatic rings. The van der Waals surface area contributed by atoms with E-state index in [2.05, 4.69) is 142 Å². The van der Waals surface area contributed by atoms with E-state index in [0.29, 0.717) is 19.3 Å². The topological polar surface area (TPSA) is 231 Å². The second-order valence-electron chi connectivity index (χ2n) is 23.6. The van der Waals surface area contributed by atoms with Gasteiger partial charge in [-0.2, -0.15) is 0 Å². The SMILES string of the molecule is CC/C=C\C/C=C\C/C=C\C/C=C\CCCCCCC(=O)OCC(COP(=O)(O)OCC(O)COP(=O)(O)OCC(O)COC(=O)CCCCCCCCCCCCC/C=C\C/C=C\C/C=C\C/C=C\CCCCC)OC(=O)CCCCCCC/C=C\C/C=C\CCC. The summed E-state index contributed by atoms with van der Waals surface area (Å²) in [5, 5.41) is 20.6. The maximum Gasteiger partial charge on any atom is 0.472 e. The highest BCUT2D eigenvalue weighted by Crippen LogP contribution is 2.45. The number of unbranched alkanes of at least 4 members (excludes halogenated alkanes) is 24. The number of hydrogen-bond acceptors (Lipinski definition) is 14. The number of allylic oxidation sites excluding steroid dienone is 20. The predicted molar refractivity (Wildman–Crippen MR) is 380 cm³/mol.